The van der Waals surface area contributed by atoms with Crippen molar-refractivity contribution in [1.29, 1.82) is 0 Å². The Morgan fingerprint density at radius 3 is 2.43 bits per heavy atom. The second-order valence-corrected chi connectivity index (χ2v) is 8.07. The van der Waals surface area contributed by atoms with E-state index in [1.54, 1.807) is 24.3 Å². The molecule has 0 spiro atoms. The van der Waals surface area contributed by atoms with Crippen LogP contribution in [-0.4, -0.2) is 27.2 Å². The van der Waals surface area contributed by atoms with Crippen LogP contribution < -0.4 is 5.32 Å². The van der Waals surface area contributed by atoms with E-state index in [4.69, 9.17) is 5.11 Å². The number of thioether (sulfide) groups is 1. The predicted octanol–water partition coefficient (Wildman–Crippen LogP) is 3.51. The zero-order valence-corrected chi connectivity index (χ0v) is 14.6. The van der Waals surface area contributed by atoms with Gasteiger partial charge < -0.3 is 10.4 Å². The van der Waals surface area contributed by atoms with E-state index in [1.807, 2.05) is 20.8 Å². The molecule has 0 bridgehead atoms. The van der Waals surface area contributed by atoms with Crippen LogP contribution in [0.25, 0.3) is 0 Å². The van der Waals surface area contributed by atoms with Crippen LogP contribution in [0.1, 0.15) is 36.7 Å². The summed E-state index contributed by atoms with van der Waals surface area (Å²) in [5.74, 6) is -0.385. The van der Waals surface area contributed by atoms with Crippen molar-refractivity contribution < 1.29 is 14.7 Å². The van der Waals surface area contributed by atoms with Gasteiger partial charge in [-0.2, -0.15) is 0 Å². The highest BCUT2D eigenvalue weighted by molar-refractivity contribution is 8.00. The average Bonchev–Trinajstić information content (AvgIpc) is 2.92. The third-order valence-corrected chi connectivity index (χ3v) is 4.91. The molecule has 122 valence electrons. The molecule has 1 aromatic carbocycles. The van der Waals surface area contributed by atoms with E-state index in [0.29, 0.717) is 10.9 Å². The fourth-order valence-electron chi connectivity index (χ4n) is 1.49. The molecule has 1 heterocycles. The predicted molar refractivity (Wildman–Crippen MR) is 91.0 cm³/mol. The van der Waals surface area contributed by atoms with Crippen molar-refractivity contribution in [2.75, 3.05) is 5.32 Å². The highest BCUT2D eigenvalue weighted by atomic mass is 32.2. The van der Waals surface area contributed by atoms with E-state index in [0.717, 1.165) is 9.90 Å². The van der Waals surface area contributed by atoms with Crippen LogP contribution in [-0.2, 0) is 10.5 Å². The molecule has 0 saturated heterocycles. The zero-order chi connectivity index (χ0) is 17.0. The van der Waals surface area contributed by atoms with E-state index in [9.17, 15) is 9.59 Å². The fraction of sp³-hybridized carbons (Fsp3) is 0.333. The van der Waals surface area contributed by atoms with Gasteiger partial charge in [-0.1, -0.05) is 56.0 Å². The molecule has 0 atom stereocenters. The van der Waals surface area contributed by atoms with Gasteiger partial charge in [0.2, 0.25) is 11.0 Å². The first-order chi connectivity index (χ1) is 10.8. The molecule has 0 aliphatic rings. The van der Waals surface area contributed by atoms with Gasteiger partial charge in [-0.05, 0) is 17.7 Å². The maximum Gasteiger partial charge on any atom is 0.335 e. The minimum Gasteiger partial charge on any atom is -0.478 e. The Balaban J connectivity index is 1.92. The lowest BCUT2D eigenvalue weighted by molar-refractivity contribution is -0.123. The van der Waals surface area contributed by atoms with Crippen LogP contribution in [0.5, 0.6) is 0 Å². The van der Waals surface area contributed by atoms with Gasteiger partial charge in [0.05, 0.1) is 5.56 Å². The van der Waals surface area contributed by atoms with Crippen LogP contribution in [0, 0.1) is 5.41 Å². The molecule has 2 aromatic rings. The minimum absolute atomic E-state index is 0.102. The summed E-state index contributed by atoms with van der Waals surface area (Å²) in [4.78, 5) is 22.7. The Bertz CT molecular complexity index is 706. The lowest BCUT2D eigenvalue weighted by Crippen LogP contribution is -2.27. The summed E-state index contributed by atoms with van der Waals surface area (Å²) in [6.45, 7) is 5.50. The molecular weight excluding hydrogens is 334 g/mol. The van der Waals surface area contributed by atoms with Gasteiger partial charge in [-0.3, -0.25) is 4.79 Å². The Morgan fingerprint density at radius 1 is 1.22 bits per heavy atom. The number of carboxylic acids is 1. The van der Waals surface area contributed by atoms with Crippen LogP contribution >= 0.6 is 23.1 Å². The van der Waals surface area contributed by atoms with Crippen molar-refractivity contribution in [1.82, 2.24) is 10.2 Å². The van der Waals surface area contributed by atoms with E-state index in [1.165, 1.54) is 23.1 Å². The van der Waals surface area contributed by atoms with Gasteiger partial charge in [-0.15, -0.1) is 10.2 Å². The molecule has 8 heteroatoms. The largest absolute Gasteiger partial charge is 0.478 e. The van der Waals surface area contributed by atoms with Gasteiger partial charge in [0.15, 0.2) is 4.34 Å². The van der Waals surface area contributed by atoms with E-state index < -0.39 is 11.4 Å². The third kappa shape index (κ3) is 5.04. The lowest BCUT2D eigenvalue weighted by atomic mass is 9.96. The number of aromatic carboxylic acids is 1. The van der Waals surface area contributed by atoms with E-state index in [-0.39, 0.29) is 11.5 Å². The average molecular weight is 351 g/mol. The molecular formula is C15H17N3O3S2. The van der Waals surface area contributed by atoms with Gasteiger partial charge in [-0.25, -0.2) is 4.79 Å². The number of amides is 1. The molecule has 2 rings (SSSR count). The smallest absolute Gasteiger partial charge is 0.335 e. The highest BCUT2D eigenvalue weighted by Gasteiger charge is 2.22. The molecule has 0 fully saturated rings. The number of nitrogens with one attached hydrogen (secondary N) is 1. The number of carbonyl (C=O) groups is 2. The topological polar surface area (TPSA) is 92.2 Å². The summed E-state index contributed by atoms with van der Waals surface area (Å²) in [5.41, 5.74) is 0.780. The molecule has 6 nitrogen and oxygen atoms in total. The van der Waals surface area contributed by atoms with Crippen molar-refractivity contribution in [3.05, 3.63) is 35.4 Å². The van der Waals surface area contributed by atoms with E-state index in [2.05, 4.69) is 15.5 Å². The minimum atomic E-state index is -0.937. The monoisotopic (exact) mass is 351 g/mol. The molecule has 0 aliphatic heterocycles. The molecule has 0 radical (unpaired) electrons. The number of rotatable bonds is 5. The number of aromatic nitrogens is 2. The first-order valence-corrected chi connectivity index (χ1v) is 8.66. The van der Waals surface area contributed by atoms with Crippen molar-refractivity contribution in [2.45, 2.75) is 30.9 Å². The van der Waals surface area contributed by atoms with Gasteiger partial charge in [0.25, 0.3) is 0 Å². The summed E-state index contributed by atoms with van der Waals surface area (Å²) in [5, 5.41) is 20.1. The number of hydrogen-bond acceptors (Lipinski definition) is 6. The van der Waals surface area contributed by atoms with Gasteiger partial charge in [0, 0.05) is 11.2 Å². The summed E-state index contributed by atoms with van der Waals surface area (Å²) in [6.07, 6.45) is 0. The van der Waals surface area contributed by atoms with E-state index >= 15 is 0 Å². The van der Waals surface area contributed by atoms with Gasteiger partial charge in [0.1, 0.15) is 0 Å². The summed E-state index contributed by atoms with van der Waals surface area (Å²) >= 11 is 2.81. The summed E-state index contributed by atoms with van der Waals surface area (Å²) in [6, 6.07) is 6.71. The Hall–Kier alpha value is -1.93. The van der Waals surface area contributed by atoms with Gasteiger partial charge >= 0.3 is 5.97 Å². The van der Waals surface area contributed by atoms with Crippen molar-refractivity contribution in [3.8, 4) is 0 Å². The molecule has 2 N–H and O–H groups in total. The van der Waals surface area contributed by atoms with Crippen LogP contribution in [0.15, 0.2) is 28.6 Å². The Labute approximate surface area is 142 Å². The Kier molecular flexibility index (Phi) is 5.38. The number of benzene rings is 1. The number of carbonyl (C=O) groups excluding carboxylic acids is 1. The Morgan fingerprint density at radius 2 is 1.87 bits per heavy atom. The molecule has 1 aromatic heterocycles. The zero-order valence-electron chi connectivity index (χ0n) is 13.0. The molecule has 0 aliphatic carbocycles. The van der Waals surface area contributed by atoms with Crippen LogP contribution in [0.3, 0.4) is 0 Å². The van der Waals surface area contributed by atoms with Crippen molar-refractivity contribution in [2.24, 2.45) is 5.41 Å². The maximum atomic E-state index is 11.9. The SMILES string of the molecule is CC(C)(C)C(=O)Nc1nnc(SCc2ccc(C(=O)O)cc2)s1. The second kappa shape index (κ2) is 7.10. The van der Waals surface area contributed by atoms with Crippen LogP contribution in [0.2, 0.25) is 0 Å². The van der Waals surface area contributed by atoms with Crippen LogP contribution in [0.4, 0.5) is 5.13 Å². The molecule has 1 amide bonds. The van der Waals surface area contributed by atoms with Crippen molar-refractivity contribution in [3.63, 3.8) is 0 Å². The molecule has 23 heavy (non-hydrogen) atoms. The first-order valence-electron chi connectivity index (χ1n) is 6.86. The fourth-order valence-corrected chi connectivity index (χ4v) is 3.19. The molecule has 0 saturated carbocycles. The number of nitrogens with zero attached hydrogens (tertiary/aromatic N) is 2. The highest BCUT2D eigenvalue weighted by Crippen LogP contribution is 2.29. The number of carboxylic acid groups (broad SMARTS) is 1. The number of anilines is 1. The third-order valence-electron chi connectivity index (χ3n) is 2.87. The molecule has 0 unspecified atom stereocenters. The first kappa shape index (κ1) is 17.4. The lowest BCUT2D eigenvalue weighted by Gasteiger charge is -2.15. The standard InChI is InChI=1S/C15H17N3O3S2/c1-15(2,3)12(21)16-13-17-18-14(23-13)22-8-9-4-6-10(7-5-9)11(19)20/h4-7H,8H2,1-3H3,(H,19,20)(H,16,17,21). The normalized spacial score (nSPS) is 11.3. The second-order valence-electron chi connectivity index (χ2n) is 5.87. The number of hydrogen-bond donors (Lipinski definition) is 2. The summed E-state index contributed by atoms with van der Waals surface area (Å²) in [7, 11) is 0. The quantitative estimate of drug-likeness (QED) is 0.632. The maximum absolute atomic E-state index is 11.9. The van der Waals surface area contributed by atoms with Crippen molar-refractivity contribution >= 4 is 40.1 Å². The summed E-state index contributed by atoms with van der Waals surface area (Å²) < 4.78 is 0.747.